The van der Waals surface area contributed by atoms with E-state index in [1.165, 1.54) is 6.07 Å². The number of hydrogen-bond donors (Lipinski definition) is 2. The molecule has 2 N–H and O–H groups in total. The number of piperazine rings is 1. The van der Waals surface area contributed by atoms with Crippen molar-refractivity contribution in [3.05, 3.63) is 66.2 Å². The van der Waals surface area contributed by atoms with Gasteiger partial charge in [0.2, 0.25) is 0 Å². The summed E-state index contributed by atoms with van der Waals surface area (Å²) in [6, 6.07) is 13.3. The highest BCUT2D eigenvalue weighted by Gasteiger charge is 2.22. The van der Waals surface area contributed by atoms with Crippen molar-refractivity contribution in [2.75, 3.05) is 35.8 Å². The van der Waals surface area contributed by atoms with E-state index in [2.05, 4.69) is 14.9 Å². The average Bonchev–Trinajstić information content (AvgIpc) is 2.70. The van der Waals surface area contributed by atoms with E-state index in [0.717, 1.165) is 49.4 Å². The molecule has 9 heteroatoms. The summed E-state index contributed by atoms with van der Waals surface area (Å²) in [5.74, 6) is -1.74. The van der Waals surface area contributed by atoms with Crippen molar-refractivity contribution >= 4 is 44.6 Å². The summed E-state index contributed by atoms with van der Waals surface area (Å²) in [5.41, 5.74) is 0.667. The van der Waals surface area contributed by atoms with Gasteiger partial charge in [-0.1, -0.05) is 24.3 Å². The number of nitrogens with zero attached hydrogens (tertiary/aromatic N) is 1. The van der Waals surface area contributed by atoms with Crippen LogP contribution in [0.15, 0.2) is 59.5 Å². The molecule has 29 heavy (non-hydrogen) atoms. The summed E-state index contributed by atoms with van der Waals surface area (Å²) in [7, 11) is -4.07. The van der Waals surface area contributed by atoms with Gasteiger partial charge in [-0.3, -0.25) is 4.72 Å². The number of anilines is 2. The third-order valence-electron chi connectivity index (χ3n) is 4.78. The van der Waals surface area contributed by atoms with Crippen molar-refractivity contribution in [3.63, 3.8) is 0 Å². The van der Waals surface area contributed by atoms with Crippen LogP contribution in [0.5, 0.6) is 0 Å². The van der Waals surface area contributed by atoms with Gasteiger partial charge in [0.1, 0.15) is 11.6 Å². The number of benzene rings is 3. The number of sulfonamides is 1. The molecule has 0 unspecified atom stereocenters. The van der Waals surface area contributed by atoms with Crippen molar-refractivity contribution in [1.82, 2.24) is 5.32 Å². The zero-order valence-corrected chi connectivity index (χ0v) is 17.0. The highest BCUT2D eigenvalue weighted by atomic mass is 35.5. The van der Waals surface area contributed by atoms with Crippen LogP contribution in [0, 0.1) is 11.6 Å². The molecule has 0 radical (unpaired) electrons. The third-order valence-corrected chi connectivity index (χ3v) is 6.21. The molecule has 4 rings (SSSR count). The Hall–Kier alpha value is -2.42. The lowest BCUT2D eigenvalue weighted by molar-refractivity contribution is 0.583. The molecule has 1 aliphatic heterocycles. The van der Waals surface area contributed by atoms with E-state index < -0.39 is 21.7 Å². The zero-order valence-electron chi connectivity index (χ0n) is 15.4. The first-order valence-electron chi connectivity index (χ1n) is 8.91. The smallest absolute Gasteiger partial charge is 0.262 e. The second-order valence-electron chi connectivity index (χ2n) is 6.60. The Labute approximate surface area is 174 Å². The Bertz CT molecular complexity index is 1140. The molecule has 3 aromatic rings. The van der Waals surface area contributed by atoms with Crippen molar-refractivity contribution in [3.8, 4) is 0 Å². The van der Waals surface area contributed by atoms with E-state index in [0.29, 0.717) is 11.5 Å². The summed E-state index contributed by atoms with van der Waals surface area (Å²) in [4.78, 5) is 2.26. The maximum absolute atomic E-state index is 13.9. The standard InChI is InChI=1S/C20H19F2N3O2S.ClH/c21-14-5-6-18(17(22)13-14)24-28(26,27)20-8-7-19(25-11-9-23-10-12-25)15-3-1-2-4-16(15)20;/h1-8,13,23-24H,9-12H2;1H. The molecule has 0 bridgehead atoms. The number of hydrogen-bond acceptors (Lipinski definition) is 4. The molecule has 1 aliphatic rings. The summed E-state index contributed by atoms with van der Waals surface area (Å²) >= 11 is 0. The van der Waals surface area contributed by atoms with Crippen LogP contribution in [-0.4, -0.2) is 34.6 Å². The van der Waals surface area contributed by atoms with E-state index in [1.54, 1.807) is 18.2 Å². The predicted molar refractivity (Wildman–Crippen MR) is 113 cm³/mol. The number of halogens is 3. The molecule has 3 aromatic carbocycles. The summed E-state index contributed by atoms with van der Waals surface area (Å²) in [6.07, 6.45) is 0. The Morgan fingerprint density at radius 1 is 0.931 bits per heavy atom. The minimum absolute atomic E-state index is 0. The SMILES string of the molecule is Cl.O=S(=O)(Nc1ccc(F)cc1F)c1ccc(N2CCNCC2)c2ccccc12. The second-order valence-corrected chi connectivity index (χ2v) is 8.25. The largest absolute Gasteiger partial charge is 0.368 e. The average molecular weight is 440 g/mol. The van der Waals surface area contributed by atoms with Gasteiger partial charge in [-0.25, -0.2) is 17.2 Å². The molecule has 0 amide bonds. The van der Waals surface area contributed by atoms with Crippen LogP contribution in [-0.2, 0) is 10.0 Å². The van der Waals surface area contributed by atoms with Crippen molar-refractivity contribution in [1.29, 1.82) is 0 Å². The van der Waals surface area contributed by atoms with Crippen molar-refractivity contribution in [2.45, 2.75) is 4.90 Å². The molecule has 0 saturated carbocycles. The number of fused-ring (bicyclic) bond motifs is 1. The maximum Gasteiger partial charge on any atom is 0.262 e. The van der Waals surface area contributed by atoms with Gasteiger partial charge in [0, 0.05) is 48.7 Å². The fraction of sp³-hybridized carbons (Fsp3) is 0.200. The minimum atomic E-state index is -4.07. The van der Waals surface area contributed by atoms with Gasteiger partial charge in [-0.15, -0.1) is 12.4 Å². The Balaban J connectivity index is 0.00000240. The normalized spacial score (nSPS) is 14.5. The fourth-order valence-electron chi connectivity index (χ4n) is 3.44. The van der Waals surface area contributed by atoms with Crippen molar-refractivity contribution in [2.24, 2.45) is 0 Å². The molecule has 0 spiro atoms. The topological polar surface area (TPSA) is 61.4 Å². The van der Waals surface area contributed by atoms with Crippen LogP contribution in [0.25, 0.3) is 10.8 Å². The second kappa shape index (κ2) is 8.52. The van der Waals surface area contributed by atoms with Gasteiger partial charge in [-0.05, 0) is 24.3 Å². The van der Waals surface area contributed by atoms with Gasteiger partial charge >= 0.3 is 0 Å². The molecule has 154 valence electrons. The van der Waals surface area contributed by atoms with Gasteiger partial charge in [0.05, 0.1) is 10.6 Å². The van der Waals surface area contributed by atoms with E-state index >= 15 is 0 Å². The van der Waals surface area contributed by atoms with Crippen LogP contribution >= 0.6 is 12.4 Å². The zero-order chi connectivity index (χ0) is 19.7. The minimum Gasteiger partial charge on any atom is -0.368 e. The lowest BCUT2D eigenvalue weighted by Gasteiger charge is -2.30. The van der Waals surface area contributed by atoms with Gasteiger partial charge in [-0.2, -0.15) is 0 Å². The number of rotatable bonds is 4. The maximum atomic E-state index is 13.9. The molecule has 1 saturated heterocycles. The molecule has 1 heterocycles. The summed E-state index contributed by atoms with van der Waals surface area (Å²) in [6.45, 7) is 3.38. The predicted octanol–water partition coefficient (Wildman–Crippen LogP) is 3.75. The van der Waals surface area contributed by atoms with Gasteiger partial charge < -0.3 is 10.2 Å². The van der Waals surface area contributed by atoms with Crippen LogP contribution in [0.2, 0.25) is 0 Å². The molecule has 1 fully saturated rings. The van der Waals surface area contributed by atoms with E-state index in [9.17, 15) is 17.2 Å². The van der Waals surface area contributed by atoms with Crippen LogP contribution < -0.4 is 14.9 Å². The molecular weight excluding hydrogens is 420 g/mol. The van der Waals surface area contributed by atoms with Crippen molar-refractivity contribution < 1.29 is 17.2 Å². The number of nitrogens with one attached hydrogen (secondary N) is 2. The van der Waals surface area contributed by atoms with Gasteiger partial charge in [0.15, 0.2) is 0 Å². The highest BCUT2D eigenvalue weighted by Crippen LogP contribution is 2.33. The summed E-state index contributed by atoms with van der Waals surface area (Å²) < 4.78 is 55.2. The molecule has 0 aliphatic carbocycles. The molecule has 5 nitrogen and oxygen atoms in total. The molecule has 0 atom stereocenters. The monoisotopic (exact) mass is 439 g/mol. The van der Waals surface area contributed by atoms with Crippen LogP contribution in [0.1, 0.15) is 0 Å². The fourth-order valence-corrected chi connectivity index (χ4v) is 4.72. The molecule has 0 aromatic heterocycles. The van der Waals surface area contributed by atoms with E-state index in [4.69, 9.17) is 0 Å². The molecular formula is C20H20ClF2N3O2S. The van der Waals surface area contributed by atoms with E-state index in [1.807, 2.05) is 12.1 Å². The quantitative estimate of drug-likeness (QED) is 0.650. The lowest BCUT2D eigenvalue weighted by Crippen LogP contribution is -2.43. The first kappa shape index (κ1) is 21.3. The Kier molecular flexibility index (Phi) is 6.26. The van der Waals surface area contributed by atoms with E-state index in [-0.39, 0.29) is 23.0 Å². The Morgan fingerprint density at radius 2 is 1.62 bits per heavy atom. The third kappa shape index (κ3) is 4.29. The van der Waals surface area contributed by atoms with Crippen LogP contribution in [0.4, 0.5) is 20.2 Å². The lowest BCUT2D eigenvalue weighted by atomic mass is 10.1. The van der Waals surface area contributed by atoms with Crippen LogP contribution in [0.3, 0.4) is 0 Å². The first-order valence-corrected chi connectivity index (χ1v) is 10.4. The van der Waals surface area contributed by atoms with Gasteiger partial charge in [0.25, 0.3) is 10.0 Å². The summed E-state index contributed by atoms with van der Waals surface area (Å²) in [5, 5.41) is 4.66. The highest BCUT2D eigenvalue weighted by molar-refractivity contribution is 7.93. The first-order chi connectivity index (χ1) is 13.5. The Morgan fingerprint density at radius 3 is 2.31 bits per heavy atom.